The summed E-state index contributed by atoms with van der Waals surface area (Å²) < 4.78 is 5.89. The molecule has 0 aromatic carbocycles. The molecule has 0 radical (unpaired) electrons. The van der Waals surface area contributed by atoms with Crippen molar-refractivity contribution in [3.05, 3.63) is 0 Å². The quantitative estimate of drug-likeness (QED) is 0.676. The lowest BCUT2D eigenvalue weighted by Gasteiger charge is -2.20. The molecule has 1 aliphatic carbocycles. The number of alkyl halides is 1. The maximum Gasteiger partial charge on any atom is 0.0575 e. The third-order valence-corrected chi connectivity index (χ3v) is 3.82. The lowest BCUT2D eigenvalue weighted by atomic mass is 9.99. The number of rotatable bonds is 5. The van der Waals surface area contributed by atoms with Gasteiger partial charge in [-0.05, 0) is 24.7 Å². The molecule has 1 fully saturated rings. The molecule has 0 aromatic rings. The first-order valence-corrected chi connectivity index (χ1v) is 6.53. The van der Waals surface area contributed by atoms with Crippen molar-refractivity contribution in [3.8, 4) is 0 Å². The van der Waals surface area contributed by atoms with Gasteiger partial charge in [-0.15, -0.1) is 0 Å². The Labute approximate surface area is 90.4 Å². The molecule has 0 spiro atoms. The van der Waals surface area contributed by atoms with Crippen molar-refractivity contribution in [2.75, 3.05) is 11.9 Å². The van der Waals surface area contributed by atoms with Crippen molar-refractivity contribution in [1.82, 2.24) is 0 Å². The van der Waals surface area contributed by atoms with Crippen molar-refractivity contribution >= 4 is 15.9 Å². The zero-order valence-electron chi connectivity index (χ0n) is 8.76. The van der Waals surface area contributed by atoms with Crippen LogP contribution in [0.2, 0.25) is 0 Å². The highest BCUT2D eigenvalue weighted by Gasteiger charge is 2.18. The molecule has 0 amide bonds. The van der Waals surface area contributed by atoms with Gasteiger partial charge in [-0.2, -0.15) is 0 Å². The van der Waals surface area contributed by atoms with Crippen LogP contribution >= 0.6 is 15.9 Å². The normalized spacial score (nSPS) is 21.2. The topological polar surface area (TPSA) is 9.23 Å². The summed E-state index contributed by atoms with van der Waals surface area (Å²) in [4.78, 5) is 0. The monoisotopic (exact) mass is 248 g/mol. The van der Waals surface area contributed by atoms with Gasteiger partial charge in [0.15, 0.2) is 0 Å². The molecule has 78 valence electrons. The molecule has 1 rings (SSSR count). The molecule has 0 aliphatic heterocycles. The highest BCUT2D eigenvalue weighted by atomic mass is 79.9. The van der Waals surface area contributed by atoms with Crippen LogP contribution in [-0.2, 0) is 4.74 Å². The summed E-state index contributed by atoms with van der Waals surface area (Å²) in [5.74, 6) is 1.40. The first-order chi connectivity index (χ1) is 6.24. The minimum atomic E-state index is 0.570. The van der Waals surface area contributed by atoms with Crippen molar-refractivity contribution in [2.45, 2.75) is 45.6 Å². The summed E-state index contributed by atoms with van der Waals surface area (Å²) >= 11 is 3.55. The highest BCUT2D eigenvalue weighted by Crippen LogP contribution is 2.23. The highest BCUT2D eigenvalue weighted by molar-refractivity contribution is 9.09. The van der Waals surface area contributed by atoms with Crippen LogP contribution in [0.1, 0.15) is 39.5 Å². The Morgan fingerprint density at radius 2 is 1.92 bits per heavy atom. The summed E-state index contributed by atoms with van der Waals surface area (Å²) in [6, 6.07) is 0. The minimum absolute atomic E-state index is 0.570. The summed E-state index contributed by atoms with van der Waals surface area (Å²) in [5.41, 5.74) is 0. The summed E-state index contributed by atoms with van der Waals surface area (Å²) in [6.07, 6.45) is 5.87. The SMILES string of the molecule is CC(C)C(CBr)COC1CCCC1. The van der Waals surface area contributed by atoms with Gasteiger partial charge in [-0.3, -0.25) is 0 Å². The van der Waals surface area contributed by atoms with E-state index in [1.807, 2.05) is 0 Å². The van der Waals surface area contributed by atoms with Crippen LogP contribution in [0.4, 0.5) is 0 Å². The number of halogens is 1. The lowest BCUT2D eigenvalue weighted by Crippen LogP contribution is -2.21. The second-order valence-corrected chi connectivity index (χ2v) is 5.05. The number of hydrogen-bond donors (Lipinski definition) is 0. The Hall–Kier alpha value is 0.440. The standard InChI is InChI=1S/C11H21BrO/c1-9(2)10(7-12)8-13-11-5-3-4-6-11/h9-11H,3-8H2,1-2H3. The average Bonchev–Trinajstić information content (AvgIpc) is 2.57. The van der Waals surface area contributed by atoms with E-state index in [0.29, 0.717) is 12.0 Å². The Kier molecular flexibility index (Phi) is 5.34. The van der Waals surface area contributed by atoms with E-state index in [1.54, 1.807) is 0 Å². The molecule has 1 atom stereocenters. The van der Waals surface area contributed by atoms with Crippen LogP contribution in [0, 0.1) is 11.8 Å². The van der Waals surface area contributed by atoms with Crippen molar-refractivity contribution < 1.29 is 4.74 Å². The van der Waals surface area contributed by atoms with E-state index >= 15 is 0 Å². The largest absolute Gasteiger partial charge is 0.378 e. The van der Waals surface area contributed by atoms with Gasteiger partial charge in [0.25, 0.3) is 0 Å². The van der Waals surface area contributed by atoms with Crippen LogP contribution in [0.25, 0.3) is 0 Å². The van der Waals surface area contributed by atoms with Crippen molar-refractivity contribution in [3.63, 3.8) is 0 Å². The van der Waals surface area contributed by atoms with Crippen molar-refractivity contribution in [2.24, 2.45) is 11.8 Å². The van der Waals surface area contributed by atoms with E-state index in [2.05, 4.69) is 29.8 Å². The van der Waals surface area contributed by atoms with Gasteiger partial charge in [0.1, 0.15) is 0 Å². The first kappa shape index (κ1) is 11.5. The summed E-state index contributed by atoms with van der Waals surface area (Å²) in [5, 5.41) is 1.07. The molecule has 0 bridgehead atoms. The maximum atomic E-state index is 5.89. The van der Waals surface area contributed by atoms with E-state index < -0.39 is 0 Å². The molecule has 1 unspecified atom stereocenters. The third-order valence-electron chi connectivity index (χ3n) is 2.99. The summed E-state index contributed by atoms with van der Waals surface area (Å²) in [7, 11) is 0. The predicted molar refractivity (Wildman–Crippen MR) is 60.3 cm³/mol. The second-order valence-electron chi connectivity index (χ2n) is 4.40. The van der Waals surface area contributed by atoms with Crippen LogP contribution in [0.3, 0.4) is 0 Å². The smallest absolute Gasteiger partial charge is 0.0575 e. The van der Waals surface area contributed by atoms with Gasteiger partial charge in [-0.25, -0.2) is 0 Å². The molecule has 1 saturated carbocycles. The fourth-order valence-electron chi connectivity index (χ4n) is 1.73. The molecule has 13 heavy (non-hydrogen) atoms. The molecular formula is C11H21BrO. The zero-order chi connectivity index (χ0) is 9.68. The van der Waals surface area contributed by atoms with Gasteiger partial charge >= 0.3 is 0 Å². The van der Waals surface area contributed by atoms with E-state index in [-0.39, 0.29) is 0 Å². The summed E-state index contributed by atoms with van der Waals surface area (Å²) in [6.45, 7) is 5.47. The van der Waals surface area contributed by atoms with E-state index in [0.717, 1.165) is 17.9 Å². The van der Waals surface area contributed by atoms with Gasteiger partial charge in [0.2, 0.25) is 0 Å². The molecule has 0 heterocycles. The molecular weight excluding hydrogens is 228 g/mol. The van der Waals surface area contributed by atoms with E-state index in [1.165, 1.54) is 25.7 Å². The Morgan fingerprint density at radius 1 is 1.31 bits per heavy atom. The molecule has 1 nitrogen and oxygen atoms in total. The first-order valence-electron chi connectivity index (χ1n) is 5.41. The molecule has 0 saturated heterocycles. The van der Waals surface area contributed by atoms with Crippen LogP contribution in [0.15, 0.2) is 0 Å². The van der Waals surface area contributed by atoms with E-state index in [4.69, 9.17) is 4.74 Å². The van der Waals surface area contributed by atoms with Gasteiger partial charge in [0, 0.05) is 5.33 Å². The number of ether oxygens (including phenoxy) is 1. The number of hydrogen-bond acceptors (Lipinski definition) is 1. The van der Waals surface area contributed by atoms with Gasteiger partial charge in [-0.1, -0.05) is 42.6 Å². The van der Waals surface area contributed by atoms with Crippen LogP contribution in [0.5, 0.6) is 0 Å². The van der Waals surface area contributed by atoms with Crippen LogP contribution in [-0.4, -0.2) is 18.0 Å². The third kappa shape index (κ3) is 3.99. The molecule has 1 aliphatic rings. The minimum Gasteiger partial charge on any atom is -0.378 e. The fourth-order valence-corrected chi connectivity index (χ4v) is 2.66. The molecule has 2 heteroatoms. The molecule has 0 aromatic heterocycles. The zero-order valence-corrected chi connectivity index (χ0v) is 10.3. The molecule has 0 N–H and O–H groups in total. The maximum absolute atomic E-state index is 5.89. The van der Waals surface area contributed by atoms with Crippen LogP contribution < -0.4 is 0 Å². The van der Waals surface area contributed by atoms with Gasteiger partial charge in [0.05, 0.1) is 12.7 Å². The predicted octanol–water partition coefficient (Wildman–Crippen LogP) is 3.61. The lowest BCUT2D eigenvalue weighted by molar-refractivity contribution is 0.0290. The van der Waals surface area contributed by atoms with Gasteiger partial charge < -0.3 is 4.74 Å². The van der Waals surface area contributed by atoms with E-state index in [9.17, 15) is 0 Å². The Bertz CT molecular complexity index is 130. The van der Waals surface area contributed by atoms with Crippen molar-refractivity contribution in [1.29, 1.82) is 0 Å². The fraction of sp³-hybridized carbons (Fsp3) is 1.00. The average molecular weight is 249 g/mol. The second kappa shape index (κ2) is 6.02. The Morgan fingerprint density at radius 3 is 2.38 bits per heavy atom. The Balaban J connectivity index is 2.15.